The fraction of sp³-hybridized carbons (Fsp3) is 0.560. The number of benzene rings is 2. The lowest BCUT2D eigenvalue weighted by Crippen LogP contribution is -2.50. The molecule has 1 amide bonds. The number of amides is 1. The van der Waals surface area contributed by atoms with E-state index in [1.54, 1.807) is 18.3 Å². The smallest absolute Gasteiger partial charge is 0.207 e. The van der Waals surface area contributed by atoms with E-state index in [-0.39, 0.29) is 41.6 Å². The van der Waals surface area contributed by atoms with Crippen molar-refractivity contribution in [3.8, 4) is 5.75 Å². The van der Waals surface area contributed by atoms with Crippen LogP contribution in [0.1, 0.15) is 88.5 Å². The number of fused-ring (bicyclic) bond motifs is 3. The van der Waals surface area contributed by atoms with E-state index < -0.39 is 5.83 Å². The molecule has 8 rings (SSSR count). The number of hydrogen-bond acceptors (Lipinski definition) is 13. The van der Waals surface area contributed by atoms with Gasteiger partial charge in [-0.15, -0.1) is 0 Å². The number of ether oxygens (including phenoxy) is 1. The molecule has 6 heterocycles. The standard InChI is InChI=1S/C50H66FN9O5/c1-5-35-8-6-9-36-21-40(63)22-41(46(35)36)48-47(51)49(42(24-54-48)50(52-4)60-27-38-11-12-39(28-60)56-38)55-31-64-19-18-58-25-34(26-58)20-33-13-16-59(17-14-33)44-23-43(65-57-44)45(32(2)3)37(29-61)10-7-15-53-30-62/h6,8-9,21-24,29-30,32-34,37-39,45,56,63H,4-5,7,10-20,25-28,31H2,1-3H3,(H,53,62)/b50-42+,55-49?. The molecule has 348 valence electrons. The summed E-state index contributed by atoms with van der Waals surface area (Å²) in [5.74, 6) is 2.89. The molecule has 3 aromatic rings. The van der Waals surface area contributed by atoms with Crippen LogP contribution in [0.5, 0.6) is 5.75 Å². The number of phenols is 1. The number of aldehydes is 1. The van der Waals surface area contributed by atoms with E-state index >= 15 is 4.39 Å². The van der Waals surface area contributed by atoms with E-state index in [4.69, 9.17) is 19.2 Å². The largest absolute Gasteiger partial charge is 0.508 e. The van der Waals surface area contributed by atoms with Crippen LogP contribution in [0.15, 0.2) is 73.1 Å². The Balaban J connectivity index is 0.850. The van der Waals surface area contributed by atoms with Crippen molar-refractivity contribution >= 4 is 53.6 Å². The van der Waals surface area contributed by atoms with Crippen LogP contribution < -0.4 is 15.5 Å². The molecule has 0 aliphatic carbocycles. The van der Waals surface area contributed by atoms with Gasteiger partial charge < -0.3 is 44.5 Å². The number of phenolic OH excluding ortho intramolecular Hbond substituents is 1. The van der Waals surface area contributed by atoms with Crippen LogP contribution in [0.3, 0.4) is 0 Å². The molecular formula is C50H66FN9O5. The number of halogens is 1. The third kappa shape index (κ3) is 10.6. The molecule has 5 aliphatic rings. The summed E-state index contributed by atoms with van der Waals surface area (Å²) in [6.07, 6.45) is 11.1. The molecule has 0 saturated carbocycles. The van der Waals surface area contributed by atoms with Crippen molar-refractivity contribution in [1.82, 2.24) is 25.6 Å². The van der Waals surface area contributed by atoms with Gasteiger partial charge in [0.05, 0.1) is 12.2 Å². The number of aromatic nitrogens is 1. The molecule has 3 N–H and O–H groups in total. The molecule has 15 heteroatoms. The number of anilines is 1. The summed E-state index contributed by atoms with van der Waals surface area (Å²) in [5, 5.41) is 23.2. The van der Waals surface area contributed by atoms with Gasteiger partial charge in [0.25, 0.3) is 0 Å². The second-order valence-corrected chi connectivity index (χ2v) is 18.9. The first kappa shape index (κ1) is 46.3. The first-order valence-electron chi connectivity index (χ1n) is 23.8. The highest BCUT2D eigenvalue weighted by Crippen LogP contribution is 2.40. The first-order valence-corrected chi connectivity index (χ1v) is 23.8. The Bertz CT molecular complexity index is 2280. The van der Waals surface area contributed by atoms with E-state index in [2.05, 4.69) is 63.0 Å². The predicted octanol–water partition coefficient (Wildman–Crippen LogP) is 6.90. The van der Waals surface area contributed by atoms with Gasteiger partial charge in [-0.1, -0.05) is 44.1 Å². The van der Waals surface area contributed by atoms with Crippen molar-refractivity contribution in [2.24, 2.45) is 38.6 Å². The lowest BCUT2D eigenvalue weighted by atomic mass is 9.80. The number of nitrogens with one attached hydrogen (secondary N) is 2. The van der Waals surface area contributed by atoms with Gasteiger partial charge in [0.1, 0.15) is 41.8 Å². The van der Waals surface area contributed by atoms with Crippen LogP contribution in [0.4, 0.5) is 10.2 Å². The Morgan fingerprint density at radius 2 is 1.88 bits per heavy atom. The number of hydrogen-bond donors (Lipinski definition) is 3. The summed E-state index contributed by atoms with van der Waals surface area (Å²) in [6.45, 7) is 17.4. The third-order valence-corrected chi connectivity index (χ3v) is 14.2. The number of nitrogens with zero attached hydrogens (tertiary/aromatic N) is 7. The highest BCUT2D eigenvalue weighted by Gasteiger charge is 2.36. The van der Waals surface area contributed by atoms with Crippen molar-refractivity contribution in [2.45, 2.75) is 90.1 Å². The Hall–Kier alpha value is -5.25. The molecule has 65 heavy (non-hydrogen) atoms. The van der Waals surface area contributed by atoms with Crippen molar-refractivity contribution in [3.05, 3.63) is 70.5 Å². The molecule has 2 aromatic carbocycles. The van der Waals surface area contributed by atoms with E-state index in [0.717, 1.165) is 119 Å². The molecule has 4 atom stereocenters. The van der Waals surface area contributed by atoms with E-state index in [1.807, 2.05) is 24.3 Å². The Morgan fingerprint density at radius 1 is 1.09 bits per heavy atom. The van der Waals surface area contributed by atoms with Gasteiger partial charge in [-0.2, -0.15) is 0 Å². The quantitative estimate of drug-likeness (QED) is 0.0584. The summed E-state index contributed by atoms with van der Waals surface area (Å²) in [7, 11) is 0. The number of aromatic hydroxyl groups is 1. The SMILES string of the molecule is C=N/C(=C1/C=NC(c2cc(O)cc3cccc(CC)c23)=C(F)C1=NCOCCN1CC(CC2CCN(c3cc(C(C(C)C)C(C=O)CCCNC=O)on3)CC2)C1)N1CC2CCC(C1)N2. The van der Waals surface area contributed by atoms with Gasteiger partial charge in [0.15, 0.2) is 11.6 Å². The number of rotatable bonds is 21. The molecule has 5 aliphatic heterocycles. The molecule has 14 nitrogen and oxygen atoms in total. The van der Waals surface area contributed by atoms with Crippen LogP contribution in [-0.2, 0) is 20.7 Å². The zero-order valence-electron chi connectivity index (χ0n) is 38.3. The number of carbonyl (C=O) groups is 2. The number of allylic oxidation sites excluding steroid dienone is 2. The normalized spacial score (nSPS) is 23.1. The summed E-state index contributed by atoms with van der Waals surface area (Å²) in [6, 6.07) is 11.9. The van der Waals surface area contributed by atoms with E-state index in [9.17, 15) is 14.7 Å². The van der Waals surface area contributed by atoms with Crippen LogP contribution in [0.25, 0.3) is 16.5 Å². The summed E-state index contributed by atoms with van der Waals surface area (Å²) in [5.41, 5.74) is 2.30. The summed E-state index contributed by atoms with van der Waals surface area (Å²) >= 11 is 0. The lowest BCUT2D eigenvalue weighted by molar-refractivity contribution is -0.112. The topological polar surface area (TPSA) is 160 Å². The van der Waals surface area contributed by atoms with E-state index in [1.165, 1.54) is 6.42 Å². The summed E-state index contributed by atoms with van der Waals surface area (Å²) < 4.78 is 29.0. The first-order chi connectivity index (χ1) is 31.7. The Morgan fingerprint density at radius 3 is 2.58 bits per heavy atom. The van der Waals surface area contributed by atoms with Gasteiger partial charge in [-0.25, -0.2) is 9.38 Å². The van der Waals surface area contributed by atoms with Crippen LogP contribution >= 0.6 is 0 Å². The van der Waals surface area contributed by atoms with E-state index in [0.29, 0.717) is 66.9 Å². The van der Waals surface area contributed by atoms with Crippen molar-refractivity contribution < 1.29 is 28.3 Å². The van der Waals surface area contributed by atoms with Crippen molar-refractivity contribution in [1.29, 1.82) is 0 Å². The number of piperidine rings is 1. The lowest BCUT2D eigenvalue weighted by Gasteiger charge is -2.42. The highest BCUT2D eigenvalue weighted by atomic mass is 19.1. The fourth-order valence-corrected chi connectivity index (χ4v) is 11.0. The predicted molar refractivity (Wildman–Crippen MR) is 254 cm³/mol. The second-order valence-electron chi connectivity index (χ2n) is 18.9. The monoisotopic (exact) mass is 892 g/mol. The van der Waals surface area contributed by atoms with Gasteiger partial charge >= 0.3 is 0 Å². The zero-order chi connectivity index (χ0) is 45.5. The number of aliphatic imine (C=N–C) groups is 3. The fourth-order valence-electron chi connectivity index (χ4n) is 11.0. The number of likely N-dealkylation sites (tertiary alicyclic amines) is 2. The molecule has 1 aromatic heterocycles. The summed E-state index contributed by atoms with van der Waals surface area (Å²) in [4.78, 5) is 43.5. The molecule has 0 spiro atoms. The molecule has 4 unspecified atom stereocenters. The number of piperazine rings is 1. The minimum absolute atomic E-state index is 0.0234. The maximum Gasteiger partial charge on any atom is 0.207 e. The van der Waals surface area contributed by atoms with Crippen molar-refractivity contribution in [3.63, 3.8) is 0 Å². The number of carbonyl (C=O) groups excluding carboxylic acids is 2. The molecule has 2 bridgehead atoms. The third-order valence-electron chi connectivity index (χ3n) is 14.2. The maximum atomic E-state index is 17.1. The zero-order valence-corrected chi connectivity index (χ0v) is 38.3. The van der Waals surface area contributed by atoms with Gasteiger partial charge in [-0.05, 0) is 104 Å². The minimum atomic E-state index is -0.578. The minimum Gasteiger partial charge on any atom is -0.508 e. The Labute approximate surface area is 382 Å². The van der Waals surface area contributed by atoms with Crippen LogP contribution in [0.2, 0.25) is 0 Å². The average Bonchev–Trinajstić information content (AvgIpc) is 3.92. The molecule has 4 fully saturated rings. The van der Waals surface area contributed by atoms with Gasteiger partial charge in [0, 0.05) is 94.1 Å². The average molecular weight is 892 g/mol. The molecule has 4 saturated heterocycles. The molecular weight excluding hydrogens is 826 g/mol. The Kier molecular flexibility index (Phi) is 15.2. The van der Waals surface area contributed by atoms with Crippen molar-refractivity contribution in [2.75, 3.05) is 70.6 Å². The van der Waals surface area contributed by atoms with Gasteiger partial charge in [0.2, 0.25) is 6.41 Å². The second kappa shape index (κ2) is 21.4. The maximum absolute atomic E-state index is 17.1. The van der Waals surface area contributed by atoms with Gasteiger partial charge in [-0.3, -0.25) is 14.8 Å². The van der Waals surface area contributed by atoms with Crippen LogP contribution in [0, 0.1) is 23.7 Å². The highest BCUT2D eigenvalue weighted by molar-refractivity contribution is 6.29. The van der Waals surface area contributed by atoms with Crippen LogP contribution in [-0.4, -0.2) is 129 Å². The molecule has 0 radical (unpaired) electrons. The number of aryl methyl sites for hydroxylation is 1.